The van der Waals surface area contributed by atoms with E-state index in [0.29, 0.717) is 10.8 Å². The fourth-order valence-electron chi connectivity index (χ4n) is 2.50. The van der Waals surface area contributed by atoms with Crippen molar-refractivity contribution in [3.63, 3.8) is 0 Å². The number of para-hydroxylation sites is 1. The van der Waals surface area contributed by atoms with E-state index in [1.54, 1.807) is 0 Å². The molecular formula is C14H10N4O2S. The number of carbonyl (C=O) groups is 1. The third-order valence-corrected chi connectivity index (χ3v) is 4.21. The highest BCUT2D eigenvalue weighted by Gasteiger charge is 2.17. The summed E-state index contributed by atoms with van der Waals surface area (Å²) >= 11 is 1.45. The lowest BCUT2D eigenvalue weighted by molar-refractivity contribution is -0.136. The van der Waals surface area contributed by atoms with Crippen LogP contribution in [0.4, 0.5) is 0 Å². The highest BCUT2D eigenvalue weighted by Crippen LogP contribution is 2.32. The zero-order chi connectivity index (χ0) is 14.4. The van der Waals surface area contributed by atoms with Crippen LogP contribution in [-0.2, 0) is 11.2 Å². The normalized spacial score (nSPS) is 11.4. The third kappa shape index (κ3) is 1.82. The van der Waals surface area contributed by atoms with Gasteiger partial charge in [0.1, 0.15) is 12.2 Å². The molecule has 0 saturated carbocycles. The number of hydrogen-bond donors (Lipinski definition) is 2. The first kappa shape index (κ1) is 12.1. The van der Waals surface area contributed by atoms with E-state index in [2.05, 4.69) is 15.2 Å². The van der Waals surface area contributed by atoms with E-state index in [1.165, 1.54) is 11.3 Å². The Morgan fingerprint density at radius 3 is 3.05 bits per heavy atom. The second kappa shape index (κ2) is 4.42. The number of aromatic amines is 1. The first-order chi connectivity index (χ1) is 10.2. The van der Waals surface area contributed by atoms with Crippen molar-refractivity contribution < 1.29 is 9.90 Å². The Balaban J connectivity index is 1.98. The van der Waals surface area contributed by atoms with Gasteiger partial charge >= 0.3 is 5.97 Å². The Hall–Kier alpha value is -2.67. The molecule has 0 aliphatic rings. The number of benzene rings is 1. The standard InChI is InChI=1S/C14H10N4O2S/c19-13(20)5-12-16-17-14-18(12)11(7-21-14)9-6-15-10-4-2-1-3-8(9)10/h1-4,6-7,15H,5H2,(H,19,20). The quantitative estimate of drug-likeness (QED) is 0.609. The number of H-pyrrole nitrogens is 1. The monoisotopic (exact) mass is 298 g/mol. The van der Waals surface area contributed by atoms with Crippen molar-refractivity contribution in [3.8, 4) is 11.3 Å². The average molecular weight is 298 g/mol. The van der Waals surface area contributed by atoms with Crippen LogP contribution in [0.2, 0.25) is 0 Å². The molecule has 104 valence electrons. The average Bonchev–Trinajstić information content (AvgIpc) is 3.14. The molecule has 3 heterocycles. The van der Waals surface area contributed by atoms with Crippen molar-refractivity contribution in [3.05, 3.63) is 41.7 Å². The molecule has 0 saturated heterocycles. The molecule has 4 rings (SSSR count). The van der Waals surface area contributed by atoms with Crippen LogP contribution in [0.3, 0.4) is 0 Å². The van der Waals surface area contributed by atoms with E-state index >= 15 is 0 Å². The predicted molar refractivity (Wildman–Crippen MR) is 79.5 cm³/mol. The van der Waals surface area contributed by atoms with Crippen LogP contribution in [-0.4, -0.2) is 30.7 Å². The molecule has 0 fully saturated rings. The van der Waals surface area contributed by atoms with Crippen LogP contribution < -0.4 is 0 Å². The van der Waals surface area contributed by atoms with Crippen LogP contribution in [0.1, 0.15) is 5.82 Å². The van der Waals surface area contributed by atoms with Crippen LogP contribution in [0.25, 0.3) is 27.1 Å². The second-order valence-electron chi connectivity index (χ2n) is 4.67. The summed E-state index contributed by atoms with van der Waals surface area (Å²) in [7, 11) is 0. The highest BCUT2D eigenvalue weighted by atomic mass is 32.1. The molecule has 6 nitrogen and oxygen atoms in total. The molecule has 0 aliphatic carbocycles. The van der Waals surface area contributed by atoms with Gasteiger partial charge in [0.05, 0.1) is 5.69 Å². The molecule has 0 atom stereocenters. The number of aromatic nitrogens is 4. The number of nitrogens with one attached hydrogen (secondary N) is 1. The fourth-order valence-corrected chi connectivity index (χ4v) is 3.34. The molecule has 4 aromatic rings. The predicted octanol–water partition coefficient (Wildman–Crippen LogP) is 2.57. The summed E-state index contributed by atoms with van der Waals surface area (Å²) in [5, 5.41) is 20.1. The molecule has 0 bridgehead atoms. The molecule has 7 heteroatoms. The summed E-state index contributed by atoms with van der Waals surface area (Å²) in [4.78, 5) is 14.9. The molecule has 0 spiro atoms. The fraction of sp³-hybridized carbons (Fsp3) is 0.0714. The molecule has 0 aliphatic heterocycles. The topological polar surface area (TPSA) is 83.3 Å². The van der Waals surface area contributed by atoms with Crippen molar-refractivity contribution in [2.75, 3.05) is 0 Å². The van der Waals surface area contributed by atoms with Crippen molar-refractivity contribution in [2.24, 2.45) is 0 Å². The van der Waals surface area contributed by atoms with Gasteiger partial charge in [0.25, 0.3) is 0 Å². The van der Waals surface area contributed by atoms with Crippen LogP contribution in [0.5, 0.6) is 0 Å². The Kier molecular flexibility index (Phi) is 2.55. The van der Waals surface area contributed by atoms with E-state index in [4.69, 9.17) is 5.11 Å². The summed E-state index contributed by atoms with van der Waals surface area (Å²) in [5.74, 6) is -0.473. The lowest BCUT2D eigenvalue weighted by Gasteiger charge is -2.00. The molecule has 0 radical (unpaired) electrons. The molecule has 0 unspecified atom stereocenters. The maximum absolute atomic E-state index is 11.0. The number of rotatable bonds is 3. The minimum atomic E-state index is -0.916. The van der Waals surface area contributed by atoms with Crippen molar-refractivity contribution in [1.82, 2.24) is 19.6 Å². The van der Waals surface area contributed by atoms with Gasteiger partial charge in [-0.2, -0.15) is 0 Å². The molecular weight excluding hydrogens is 288 g/mol. The molecule has 0 amide bonds. The van der Waals surface area contributed by atoms with Gasteiger partial charge in [-0.25, -0.2) is 0 Å². The summed E-state index contributed by atoms with van der Waals surface area (Å²) < 4.78 is 1.81. The first-order valence-electron chi connectivity index (χ1n) is 6.34. The van der Waals surface area contributed by atoms with E-state index in [0.717, 1.165) is 22.2 Å². The summed E-state index contributed by atoms with van der Waals surface area (Å²) in [6, 6.07) is 7.99. The number of fused-ring (bicyclic) bond motifs is 2. The maximum Gasteiger partial charge on any atom is 0.311 e. The Bertz CT molecular complexity index is 966. The zero-order valence-electron chi connectivity index (χ0n) is 10.8. The smallest absolute Gasteiger partial charge is 0.311 e. The summed E-state index contributed by atoms with van der Waals surface area (Å²) in [5.41, 5.74) is 2.97. The highest BCUT2D eigenvalue weighted by molar-refractivity contribution is 7.15. The number of thiazole rings is 1. The van der Waals surface area contributed by atoms with Gasteiger partial charge < -0.3 is 10.1 Å². The molecule has 21 heavy (non-hydrogen) atoms. The summed E-state index contributed by atoms with van der Waals surface area (Å²) in [6.45, 7) is 0. The van der Waals surface area contributed by atoms with Gasteiger partial charge in [-0.3, -0.25) is 9.20 Å². The van der Waals surface area contributed by atoms with Gasteiger partial charge in [-0.1, -0.05) is 18.2 Å². The Morgan fingerprint density at radius 1 is 1.33 bits per heavy atom. The van der Waals surface area contributed by atoms with Crippen molar-refractivity contribution >= 4 is 33.2 Å². The molecule has 1 aromatic carbocycles. The van der Waals surface area contributed by atoms with Gasteiger partial charge in [0, 0.05) is 28.0 Å². The molecule has 3 aromatic heterocycles. The van der Waals surface area contributed by atoms with Crippen LogP contribution in [0.15, 0.2) is 35.8 Å². The first-order valence-corrected chi connectivity index (χ1v) is 7.22. The largest absolute Gasteiger partial charge is 0.481 e. The van der Waals surface area contributed by atoms with Gasteiger partial charge in [-0.15, -0.1) is 21.5 Å². The number of carboxylic acids is 1. The van der Waals surface area contributed by atoms with Gasteiger partial charge in [0.15, 0.2) is 0 Å². The number of hydrogen-bond acceptors (Lipinski definition) is 4. The van der Waals surface area contributed by atoms with E-state index in [1.807, 2.05) is 40.2 Å². The van der Waals surface area contributed by atoms with Gasteiger partial charge in [-0.05, 0) is 6.07 Å². The number of nitrogens with zero attached hydrogens (tertiary/aromatic N) is 3. The SMILES string of the molecule is O=C(O)Cc1nnc2scc(-c3c[nH]c4ccccc34)n12. The lowest BCUT2D eigenvalue weighted by atomic mass is 10.1. The number of aliphatic carboxylic acids is 1. The van der Waals surface area contributed by atoms with E-state index in [9.17, 15) is 4.79 Å². The second-order valence-corrected chi connectivity index (χ2v) is 5.51. The maximum atomic E-state index is 11.0. The van der Waals surface area contributed by atoms with Crippen molar-refractivity contribution in [1.29, 1.82) is 0 Å². The number of carboxylic acid groups (broad SMARTS) is 1. The minimum Gasteiger partial charge on any atom is -0.481 e. The minimum absolute atomic E-state index is 0.146. The third-order valence-electron chi connectivity index (χ3n) is 3.39. The van der Waals surface area contributed by atoms with E-state index in [-0.39, 0.29) is 6.42 Å². The lowest BCUT2D eigenvalue weighted by Crippen LogP contribution is -2.05. The Morgan fingerprint density at radius 2 is 2.19 bits per heavy atom. The summed E-state index contributed by atoms with van der Waals surface area (Å²) in [6.07, 6.45) is 1.78. The van der Waals surface area contributed by atoms with Gasteiger partial charge in [0.2, 0.25) is 4.96 Å². The van der Waals surface area contributed by atoms with Crippen LogP contribution in [0, 0.1) is 0 Å². The van der Waals surface area contributed by atoms with Crippen LogP contribution >= 0.6 is 11.3 Å². The van der Waals surface area contributed by atoms with E-state index < -0.39 is 5.97 Å². The zero-order valence-corrected chi connectivity index (χ0v) is 11.6. The van der Waals surface area contributed by atoms with Crippen molar-refractivity contribution in [2.45, 2.75) is 6.42 Å². The molecule has 2 N–H and O–H groups in total. The Labute approximate surface area is 122 Å².